The smallest absolute Gasteiger partial charge is 0.143 e. The van der Waals surface area contributed by atoms with E-state index in [-0.39, 0.29) is 5.82 Å². The molecule has 88 valence electrons. The first-order valence-corrected chi connectivity index (χ1v) is 5.44. The summed E-state index contributed by atoms with van der Waals surface area (Å²) in [7, 11) is 1.59. The lowest BCUT2D eigenvalue weighted by Gasteiger charge is -2.08. The van der Waals surface area contributed by atoms with Crippen LogP contribution in [0, 0.1) is 5.82 Å². The SMILES string of the molecule is COCCN=C(NN)c1cccc(F)c1Br. The monoisotopic (exact) mass is 289 g/mol. The molecular formula is C10H13BrFN3O. The lowest BCUT2D eigenvalue weighted by molar-refractivity contribution is 0.208. The molecule has 0 saturated carbocycles. The van der Waals surface area contributed by atoms with Crippen molar-refractivity contribution in [2.24, 2.45) is 10.8 Å². The molecule has 0 aliphatic rings. The van der Waals surface area contributed by atoms with Gasteiger partial charge in [-0.2, -0.15) is 0 Å². The van der Waals surface area contributed by atoms with Crippen molar-refractivity contribution in [2.45, 2.75) is 0 Å². The van der Waals surface area contributed by atoms with Crippen LogP contribution in [0.25, 0.3) is 0 Å². The lowest BCUT2D eigenvalue weighted by Crippen LogP contribution is -2.32. The third-order valence-electron chi connectivity index (χ3n) is 1.91. The molecule has 0 spiro atoms. The van der Waals surface area contributed by atoms with Crippen LogP contribution >= 0.6 is 15.9 Å². The Balaban J connectivity index is 2.95. The number of amidine groups is 1. The molecule has 0 atom stereocenters. The van der Waals surface area contributed by atoms with E-state index < -0.39 is 0 Å². The average molecular weight is 290 g/mol. The Morgan fingerprint density at radius 2 is 2.38 bits per heavy atom. The highest BCUT2D eigenvalue weighted by atomic mass is 79.9. The standard InChI is InChI=1S/C10H13BrFN3O/c1-16-6-5-14-10(15-13)7-3-2-4-8(12)9(7)11/h2-4H,5-6,13H2,1H3,(H,14,15). The zero-order valence-electron chi connectivity index (χ0n) is 8.84. The van der Waals surface area contributed by atoms with Crippen LogP contribution in [0.3, 0.4) is 0 Å². The molecule has 0 aliphatic carbocycles. The zero-order chi connectivity index (χ0) is 12.0. The van der Waals surface area contributed by atoms with Gasteiger partial charge in [-0.25, -0.2) is 10.2 Å². The fourth-order valence-corrected chi connectivity index (χ4v) is 1.60. The average Bonchev–Trinajstić information content (AvgIpc) is 2.29. The van der Waals surface area contributed by atoms with Gasteiger partial charge in [-0.3, -0.25) is 4.99 Å². The molecule has 16 heavy (non-hydrogen) atoms. The van der Waals surface area contributed by atoms with E-state index in [1.54, 1.807) is 19.2 Å². The van der Waals surface area contributed by atoms with Gasteiger partial charge in [-0.05, 0) is 28.1 Å². The molecule has 0 heterocycles. The third-order valence-corrected chi connectivity index (χ3v) is 2.71. The number of hydrogen-bond acceptors (Lipinski definition) is 3. The molecule has 4 nitrogen and oxygen atoms in total. The van der Waals surface area contributed by atoms with Crippen LogP contribution in [0.2, 0.25) is 0 Å². The van der Waals surface area contributed by atoms with E-state index >= 15 is 0 Å². The van der Waals surface area contributed by atoms with Crippen LogP contribution in [0.5, 0.6) is 0 Å². The minimum atomic E-state index is -0.354. The van der Waals surface area contributed by atoms with Gasteiger partial charge in [0.05, 0.1) is 17.6 Å². The highest BCUT2D eigenvalue weighted by Gasteiger charge is 2.09. The molecule has 0 unspecified atom stereocenters. The summed E-state index contributed by atoms with van der Waals surface area (Å²) in [4.78, 5) is 4.16. The first kappa shape index (κ1) is 13.1. The number of rotatable bonds is 4. The number of aliphatic imine (C=N–C) groups is 1. The van der Waals surface area contributed by atoms with Crippen molar-refractivity contribution >= 4 is 21.8 Å². The van der Waals surface area contributed by atoms with Crippen molar-refractivity contribution in [3.63, 3.8) is 0 Å². The molecule has 6 heteroatoms. The number of ether oxygens (including phenoxy) is 1. The van der Waals surface area contributed by atoms with E-state index in [4.69, 9.17) is 10.6 Å². The maximum atomic E-state index is 13.3. The molecule has 1 rings (SSSR count). The summed E-state index contributed by atoms with van der Waals surface area (Å²) in [5, 5.41) is 0. The van der Waals surface area contributed by atoms with Gasteiger partial charge in [-0.15, -0.1) is 0 Å². The molecule has 0 amide bonds. The highest BCUT2D eigenvalue weighted by molar-refractivity contribution is 9.10. The summed E-state index contributed by atoms with van der Waals surface area (Å²) in [5.74, 6) is 5.41. The van der Waals surface area contributed by atoms with Crippen LogP contribution in [0.15, 0.2) is 27.7 Å². The van der Waals surface area contributed by atoms with Crippen molar-refractivity contribution in [1.29, 1.82) is 0 Å². The Morgan fingerprint density at radius 1 is 1.62 bits per heavy atom. The Kier molecular flexibility index (Phi) is 5.37. The number of benzene rings is 1. The van der Waals surface area contributed by atoms with Crippen molar-refractivity contribution in [1.82, 2.24) is 5.43 Å². The van der Waals surface area contributed by atoms with Gasteiger partial charge in [0.25, 0.3) is 0 Å². The fraction of sp³-hybridized carbons (Fsp3) is 0.300. The van der Waals surface area contributed by atoms with Crippen molar-refractivity contribution in [3.05, 3.63) is 34.1 Å². The van der Waals surface area contributed by atoms with Gasteiger partial charge < -0.3 is 10.2 Å². The summed E-state index contributed by atoms with van der Waals surface area (Å²) in [6, 6.07) is 4.67. The molecular weight excluding hydrogens is 277 g/mol. The molecule has 0 saturated heterocycles. The first-order chi connectivity index (χ1) is 7.70. The Morgan fingerprint density at radius 3 is 3.00 bits per heavy atom. The Labute approximate surface area is 102 Å². The molecule has 1 aromatic rings. The van der Waals surface area contributed by atoms with Crippen LogP contribution in [0.4, 0.5) is 4.39 Å². The molecule has 1 aromatic carbocycles. The molecule has 3 N–H and O–H groups in total. The second-order valence-electron chi connectivity index (χ2n) is 2.97. The third kappa shape index (κ3) is 3.26. The Bertz CT molecular complexity index is 384. The van der Waals surface area contributed by atoms with Crippen LogP contribution < -0.4 is 11.3 Å². The van der Waals surface area contributed by atoms with Crippen LogP contribution in [-0.2, 0) is 4.74 Å². The van der Waals surface area contributed by atoms with Crippen molar-refractivity contribution in [2.75, 3.05) is 20.3 Å². The molecule has 0 aliphatic heterocycles. The second-order valence-corrected chi connectivity index (χ2v) is 3.76. The van der Waals surface area contributed by atoms with E-state index in [9.17, 15) is 4.39 Å². The zero-order valence-corrected chi connectivity index (χ0v) is 10.4. The number of halogens is 2. The summed E-state index contributed by atoms with van der Waals surface area (Å²) in [5.41, 5.74) is 3.03. The fourth-order valence-electron chi connectivity index (χ4n) is 1.14. The van der Waals surface area contributed by atoms with E-state index in [2.05, 4.69) is 26.3 Å². The maximum absolute atomic E-state index is 13.3. The minimum absolute atomic E-state index is 0.337. The number of nitrogens with one attached hydrogen (secondary N) is 1. The van der Waals surface area contributed by atoms with E-state index in [1.807, 2.05) is 0 Å². The van der Waals surface area contributed by atoms with Crippen molar-refractivity contribution in [3.8, 4) is 0 Å². The molecule has 0 radical (unpaired) electrons. The summed E-state index contributed by atoms with van der Waals surface area (Å²) < 4.78 is 18.5. The Hall–Kier alpha value is -0.980. The molecule has 0 aromatic heterocycles. The lowest BCUT2D eigenvalue weighted by atomic mass is 10.2. The van der Waals surface area contributed by atoms with Gasteiger partial charge in [0.15, 0.2) is 0 Å². The highest BCUT2D eigenvalue weighted by Crippen LogP contribution is 2.20. The van der Waals surface area contributed by atoms with Crippen LogP contribution in [0.1, 0.15) is 5.56 Å². The van der Waals surface area contributed by atoms with Gasteiger partial charge in [0, 0.05) is 12.7 Å². The number of nitrogens with two attached hydrogens (primary N) is 1. The van der Waals surface area contributed by atoms with E-state index in [0.717, 1.165) is 0 Å². The quantitative estimate of drug-likeness (QED) is 0.290. The normalized spacial score (nSPS) is 11.6. The largest absolute Gasteiger partial charge is 0.383 e. The van der Waals surface area contributed by atoms with Crippen molar-refractivity contribution < 1.29 is 9.13 Å². The second kappa shape index (κ2) is 6.57. The molecule has 0 fully saturated rings. The number of hydrazine groups is 1. The van der Waals surface area contributed by atoms with Gasteiger partial charge >= 0.3 is 0 Å². The number of hydrogen-bond donors (Lipinski definition) is 2. The van der Waals surface area contributed by atoms with Gasteiger partial charge in [0.2, 0.25) is 0 Å². The minimum Gasteiger partial charge on any atom is -0.383 e. The van der Waals surface area contributed by atoms with Crippen LogP contribution in [-0.4, -0.2) is 26.1 Å². The van der Waals surface area contributed by atoms with Gasteiger partial charge in [-0.1, -0.05) is 6.07 Å². The van der Waals surface area contributed by atoms with E-state index in [0.29, 0.717) is 29.0 Å². The first-order valence-electron chi connectivity index (χ1n) is 4.65. The predicted octanol–water partition coefficient (Wildman–Crippen LogP) is 1.44. The molecule has 0 bridgehead atoms. The number of nitrogens with zero attached hydrogens (tertiary/aromatic N) is 1. The summed E-state index contributed by atoms with van der Waals surface area (Å²) in [6.07, 6.45) is 0. The summed E-state index contributed by atoms with van der Waals surface area (Å²) in [6.45, 7) is 0.942. The summed E-state index contributed by atoms with van der Waals surface area (Å²) >= 11 is 3.15. The number of methoxy groups -OCH3 is 1. The topological polar surface area (TPSA) is 59.6 Å². The van der Waals surface area contributed by atoms with Gasteiger partial charge in [0.1, 0.15) is 11.7 Å². The maximum Gasteiger partial charge on any atom is 0.143 e. The predicted molar refractivity (Wildman–Crippen MR) is 64.7 cm³/mol. The van der Waals surface area contributed by atoms with E-state index in [1.165, 1.54) is 6.07 Å².